The summed E-state index contributed by atoms with van der Waals surface area (Å²) < 4.78 is 32.2. The average molecular weight is 542 g/mol. The number of hydrogen-bond acceptors (Lipinski definition) is 6. The van der Waals surface area contributed by atoms with E-state index in [1.54, 1.807) is 0 Å². The lowest BCUT2D eigenvalue weighted by molar-refractivity contribution is -0.138. The molecule has 0 spiro atoms. The fraction of sp³-hybridized carbons (Fsp3) is 0.667. The van der Waals surface area contributed by atoms with Crippen LogP contribution in [0.5, 0.6) is 0 Å². The maximum Gasteiger partial charge on any atom is 0.248 e. The highest BCUT2D eigenvalue weighted by Gasteiger charge is 2.29. The number of piperidine rings is 1. The van der Waals surface area contributed by atoms with Crippen molar-refractivity contribution in [2.75, 3.05) is 73.1 Å². The van der Waals surface area contributed by atoms with Crippen LogP contribution in [0, 0.1) is 0 Å². The summed E-state index contributed by atoms with van der Waals surface area (Å²) in [4.78, 5) is 19.0. The zero-order chi connectivity index (χ0) is 24.2. The van der Waals surface area contributed by atoms with Crippen molar-refractivity contribution in [2.45, 2.75) is 23.8 Å². The van der Waals surface area contributed by atoms with E-state index in [9.17, 15) is 13.2 Å². The van der Waals surface area contributed by atoms with Crippen LogP contribution < -0.4 is 0 Å². The molecule has 0 bridgehead atoms. The van der Waals surface area contributed by atoms with Gasteiger partial charge in [-0.1, -0.05) is 34.8 Å². The van der Waals surface area contributed by atoms with Crippen LogP contribution >= 0.6 is 34.8 Å². The molecule has 1 amide bonds. The Bertz CT molecular complexity index is 910. The van der Waals surface area contributed by atoms with Gasteiger partial charge >= 0.3 is 0 Å². The Morgan fingerprint density at radius 1 is 1.06 bits per heavy atom. The maximum absolute atomic E-state index is 12.8. The Morgan fingerprint density at radius 2 is 1.64 bits per heavy atom. The average Bonchev–Trinajstić information content (AvgIpc) is 2.76. The molecular formula is C21H31Cl3N4O4S. The Kier molecular flexibility index (Phi) is 9.68. The van der Waals surface area contributed by atoms with E-state index in [2.05, 4.69) is 16.8 Å². The lowest BCUT2D eigenvalue weighted by atomic mass is 10.0. The number of likely N-dealkylation sites (tertiary alicyclic amines) is 1. The molecule has 8 nitrogen and oxygen atoms in total. The van der Waals surface area contributed by atoms with Crippen molar-refractivity contribution >= 4 is 50.7 Å². The van der Waals surface area contributed by atoms with Gasteiger partial charge in [0.25, 0.3) is 0 Å². The molecular weight excluding hydrogens is 511 g/mol. The van der Waals surface area contributed by atoms with Crippen LogP contribution in [0.25, 0.3) is 0 Å². The largest absolute Gasteiger partial charge is 0.370 e. The van der Waals surface area contributed by atoms with Crippen molar-refractivity contribution in [3.8, 4) is 0 Å². The summed E-state index contributed by atoms with van der Waals surface area (Å²) in [6.07, 6.45) is 2.35. The first-order valence-electron chi connectivity index (χ1n) is 11.0. The molecule has 1 aromatic carbocycles. The van der Waals surface area contributed by atoms with Crippen molar-refractivity contribution < 1.29 is 17.9 Å². The van der Waals surface area contributed by atoms with E-state index in [4.69, 9.17) is 39.5 Å². The summed E-state index contributed by atoms with van der Waals surface area (Å²) in [5.41, 5.74) is 0. The minimum absolute atomic E-state index is 0.0464. The molecule has 2 aliphatic rings. The maximum atomic E-state index is 12.8. The lowest BCUT2D eigenvalue weighted by Crippen LogP contribution is -2.54. The van der Waals surface area contributed by atoms with E-state index in [1.165, 1.54) is 32.0 Å². The Balaban J connectivity index is 1.40. The number of halogens is 3. The third kappa shape index (κ3) is 6.95. The van der Waals surface area contributed by atoms with Crippen molar-refractivity contribution in [3.63, 3.8) is 0 Å². The standard InChI is InChI=1S/C21H31Cl3N4O4S/c1-25-5-3-17(4-6-25)27-7-9-28(10-8-27)20(29)15-32-12-11-26(2)33(30,31)21-18(23)13-16(22)14-19(21)24/h13-14,17H,3-12,15H2,1-2H3. The second kappa shape index (κ2) is 11.9. The van der Waals surface area contributed by atoms with E-state index < -0.39 is 10.0 Å². The second-order valence-electron chi connectivity index (χ2n) is 8.53. The summed E-state index contributed by atoms with van der Waals surface area (Å²) in [6, 6.07) is 3.27. The highest BCUT2D eigenvalue weighted by atomic mass is 35.5. The summed E-state index contributed by atoms with van der Waals surface area (Å²) >= 11 is 18.0. The molecule has 2 aliphatic heterocycles. The summed E-state index contributed by atoms with van der Waals surface area (Å²) in [5.74, 6) is -0.0765. The van der Waals surface area contributed by atoms with Gasteiger partial charge in [-0.2, -0.15) is 4.31 Å². The predicted molar refractivity (Wildman–Crippen MR) is 131 cm³/mol. The van der Waals surface area contributed by atoms with Gasteiger partial charge in [0.2, 0.25) is 15.9 Å². The number of amides is 1. The van der Waals surface area contributed by atoms with Gasteiger partial charge in [-0.25, -0.2) is 8.42 Å². The normalized spacial score (nSPS) is 19.4. The van der Waals surface area contributed by atoms with Gasteiger partial charge in [-0.15, -0.1) is 0 Å². The number of carbonyl (C=O) groups excluding carboxylic acids is 1. The molecule has 33 heavy (non-hydrogen) atoms. The van der Waals surface area contributed by atoms with Crippen LogP contribution in [0.1, 0.15) is 12.8 Å². The number of sulfonamides is 1. The van der Waals surface area contributed by atoms with Gasteiger partial charge < -0.3 is 14.5 Å². The summed E-state index contributed by atoms with van der Waals surface area (Å²) in [7, 11) is -0.370. The van der Waals surface area contributed by atoms with Crippen molar-refractivity contribution in [1.82, 2.24) is 19.0 Å². The van der Waals surface area contributed by atoms with E-state index in [-0.39, 0.29) is 45.6 Å². The van der Waals surface area contributed by atoms with E-state index >= 15 is 0 Å². The third-order valence-corrected chi connectivity index (χ3v) is 9.28. The molecule has 0 saturated carbocycles. The van der Waals surface area contributed by atoms with Gasteiger partial charge in [0.05, 0.1) is 16.7 Å². The Hall–Kier alpha value is -0.650. The molecule has 0 aromatic heterocycles. The summed E-state index contributed by atoms with van der Waals surface area (Å²) in [5, 5.41) is 0.158. The fourth-order valence-corrected chi connectivity index (χ4v) is 6.83. The van der Waals surface area contributed by atoms with Crippen LogP contribution in [0.2, 0.25) is 15.1 Å². The number of rotatable bonds is 8. The smallest absolute Gasteiger partial charge is 0.248 e. The minimum Gasteiger partial charge on any atom is -0.370 e. The van der Waals surface area contributed by atoms with Gasteiger partial charge in [0.15, 0.2) is 0 Å². The van der Waals surface area contributed by atoms with Crippen LogP contribution in [-0.2, 0) is 19.6 Å². The molecule has 0 atom stereocenters. The number of benzene rings is 1. The Morgan fingerprint density at radius 3 is 2.21 bits per heavy atom. The van der Waals surface area contributed by atoms with Crippen LogP contribution in [0.15, 0.2) is 17.0 Å². The zero-order valence-corrected chi connectivity index (χ0v) is 22.1. The SMILES string of the molecule is CN1CCC(N2CCN(C(=O)COCCN(C)S(=O)(=O)c3c(Cl)cc(Cl)cc3Cl)CC2)CC1. The molecule has 2 heterocycles. The molecule has 186 valence electrons. The molecule has 0 unspecified atom stereocenters. The molecule has 3 rings (SSSR count). The van der Waals surface area contributed by atoms with E-state index in [1.807, 2.05) is 4.90 Å². The molecule has 1 aromatic rings. The minimum atomic E-state index is -3.93. The number of hydrogen-bond donors (Lipinski definition) is 0. The van der Waals surface area contributed by atoms with Crippen LogP contribution in [-0.4, -0.2) is 112 Å². The first-order valence-corrected chi connectivity index (χ1v) is 13.6. The molecule has 0 N–H and O–H groups in total. The van der Waals surface area contributed by atoms with Gasteiger partial charge in [-0.3, -0.25) is 9.69 Å². The molecule has 2 fully saturated rings. The van der Waals surface area contributed by atoms with Gasteiger partial charge in [-0.05, 0) is 45.1 Å². The van der Waals surface area contributed by atoms with Gasteiger partial charge in [0.1, 0.15) is 11.5 Å². The third-order valence-electron chi connectivity index (χ3n) is 6.28. The highest BCUT2D eigenvalue weighted by Crippen LogP contribution is 2.34. The number of ether oxygens (including phenoxy) is 1. The Labute approximate surface area is 211 Å². The number of likely N-dealkylation sites (N-methyl/N-ethyl adjacent to an activating group) is 1. The second-order valence-corrected chi connectivity index (χ2v) is 11.8. The number of carbonyl (C=O) groups is 1. The first kappa shape index (κ1) is 26.9. The first-order chi connectivity index (χ1) is 15.6. The topological polar surface area (TPSA) is 73.4 Å². The monoisotopic (exact) mass is 540 g/mol. The van der Waals surface area contributed by atoms with Crippen molar-refractivity contribution in [1.29, 1.82) is 0 Å². The van der Waals surface area contributed by atoms with Crippen LogP contribution in [0.3, 0.4) is 0 Å². The van der Waals surface area contributed by atoms with Crippen molar-refractivity contribution in [3.05, 3.63) is 27.2 Å². The van der Waals surface area contributed by atoms with Crippen molar-refractivity contribution in [2.24, 2.45) is 0 Å². The zero-order valence-electron chi connectivity index (χ0n) is 19.0. The summed E-state index contributed by atoms with van der Waals surface area (Å²) in [6.45, 7) is 5.43. The van der Waals surface area contributed by atoms with Gasteiger partial charge in [0, 0.05) is 50.8 Å². The molecule has 12 heteroatoms. The number of piperazine rings is 1. The number of nitrogens with zero attached hydrogens (tertiary/aromatic N) is 4. The predicted octanol–water partition coefficient (Wildman–Crippen LogP) is 2.52. The lowest BCUT2D eigenvalue weighted by Gasteiger charge is -2.42. The molecule has 0 radical (unpaired) electrons. The fourth-order valence-electron chi connectivity index (χ4n) is 4.19. The highest BCUT2D eigenvalue weighted by molar-refractivity contribution is 7.89. The molecule has 2 saturated heterocycles. The van der Waals surface area contributed by atoms with E-state index in [0.717, 1.165) is 30.5 Å². The van der Waals surface area contributed by atoms with E-state index in [0.29, 0.717) is 19.1 Å². The molecule has 0 aliphatic carbocycles. The van der Waals surface area contributed by atoms with Crippen LogP contribution in [0.4, 0.5) is 0 Å². The quantitative estimate of drug-likeness (QED) is 0.471.